The lowest BCUT2D eigenvalue weighted by molar-refractivity contribution is -0.148. The third kappa shape index (κ3) is 5.37. The number of likely N-dealkylation sites (tertiary alicyclic amines) is 1. The van der Waals surface area contributed by atoms with Crippen molar-refractivity contribution >= 4 is 0 Å². The fourth-order valence-corrected chi connectivity index (χ4v) is 2.04. The molecule has 0 atom stereocenters. The molecule has 0 aromatic rings. The predicted octanol–water partition coefficient (Wildman–Crippen LogP) is 1.87. The van der Waals surface area contributed by atoms with Crippen molar-refractivity contribution in [3.05, 3.63) is 0 Å². The molecule has 2 nitrogen and oxygen atoms in total. The highest BCUT2D eigenvalue weighted by molar-refractivity contribution is 4.74. The van der Waals surface area contributed by atoms with Gasteiger partial charge in [0.05, 0.1) is 6.54 Å². The molecule has 90 valence electrons. The van der Waals surface area contributed by atoms with Crippen molar-refractivity contribution in [1.82, 2.24) is 10.2 Å². The maximum absolute atomic E-state index is 12.1. The van der Waals surface area contributed by atoms with Gasteiger partial charge in [0.15, 0.2) is 0 Å². The zero-order chi connectivity index (χ0) is 11.3. The Bertz CT molecular complexity index is 174. The average molecular weight is 224 g/mol. The van der Waals surface area contributed by atoms with Gasteiger partial charge >= 0.3 is 6.18 Å². The molecule has 1 N–H and O–H groups in total. The van der Waals surface area contributed by atoms with Gasteiger partial charge in [-0.05, 0) is 51.9 Å². The fourth-order valence-electron chi connectivity index (χ4n) is 2.04. The Kier molecular flexibility index (Phi) is 4.86. The molecule has 1 heterocycles. The third-order valence-corrected chi connectivity index (χ3v) is 2.91. The average Bonchev–Trinajstić information content (AvgIpc) is 2.14. The highest BCUT2D eigenvalue weighted by Gasteiger charge is 2.32. The fraction of sp³-hybridized carbons (Fsp3) is 1.00. The van der Waals surface area contributed by atoms with E-state index in [1.807, 2.05) is 7.05 Å². The summed E-state index contributed by atoms with van der Waals surface area (Å²) in [5.41, 5.74) is 0. The topological polar surface area (TPSA) is 15.3 Å². The van der Waals surface area contributed by atoms with Crippen molar-refractivity contribution in [3.63, 3.8) is 0 Å². The second kappa shape index (κ2) is 5.70. The summed E-state index contributed by atoms with van der Waals surface area (Å²) in [6, 6.07) is 0. The van der Waals surface area contributed by atoms with Crippen molar-refractivity contribution in [2.75, 3.05) is 33.2 Å². The smallest absolute Gasteiger partial charge is 0.320 e. The zero-order valence-electron chi connectivity index (χ0n) is 9.11. The summed E-state index contributed by atoms with van der Waals surface area (Å²) in [6.07, 6.45) is -1.16. The first-order valence-electron chi connectivity index (χ1n) is 5.45. The van der Waals surface area contributed by atoms with Crippen LogP contribution in [0.4, 0.5) is 13.2 Å². The summed E-state index contributed by atoms with van der Waals surface area (Å²) in [4.78, 5) is 1.51. The molecule has 0 radical (unpaired) electrons. The zero-order valence-corrected chi connectivity index (χ0v) is 9.11. The van der Waals surface area contributed by atoms with Gasteiger partial charge in [0.2, 0.25) is 0 Å². The maximum Gasteiger partial charge on any atom is 0.401 e. The molecule has 0 aromatic carbocycles. The van der Waals surface area contributed by atoms with Crippen LogP contribution in [-0.4, -0.2) is 44.3 Å². The highest BCUT2D eigenvalue weighted by atomic mass is 19.4. The van der Waals surface area contributed by atoms with E-state index in [1.165, 1.54) is 4.90 Å². The summed E-state index contributed by atoms with van der Waals surface area (Å²) >= 11 is 0. The number of alkyl halides is 3. The van der Waals surface area contributed by atoms with E-state index in [0.717, 1.165) is 25.8 Å². The molecule has 0 saturated carbocycles. The molecule has 0 spiro atoms. The van der Waals surface area contributed by atoms with Crippen molar-refractivity contribution in [2.24, 2.45) is 5.92 Å². The van der Waals surface area contributed by atoms with Crippen LogP contribution in [0.15, 0.2) is 0 Å². The quantitative estimate of drug-likeness (QED) is 0.784. The lowest BCUT2D eigenvalue weighted by atomic mass is 9.93. The van der Waals surface area contributed by atoms with E-state index in [1.54, 1.807) is 0 Å². The van der Waals surface area contributed by atoms with Crippen LogP contribution in [0.3, 0.4) is 0 Å². The van der Waals surface area contributed by atoms with Crippen LogP contribution < -0.4 is 5.32 Å². The first-order chi connectivity index (χ1) is 7.01. The van der Waals surface area contributed by atoms with Gasteiger partial charge in [0.1, 0.15) is 0 Å². The Morgan fingerprint density at radius 1 is 1.27 bits per heavy atom. The minimum atomic E-state index is -4.04. The second-order valence-corrected chi connectivity index (χ2v) is 4.23. The number of hydrogen-bond acceptors (Lipinski definition) is 2. The summed E-state index contributed by atoms with van der Waals surface area (Å²) in [6.45, 7) is 1.40. The van der Waals surface area contributed by atoms with E-state index in [-0.39, 0.29) is 0 Å². The number of rotatable bonds is 4. The number of piperidine rings is 1. The Balaban J connectivity index is 2.18. The Hall–Kier alpha value is -0.290. The van der Waals surface area contributed by atoms with Crippen molar-refractivity contribution in [3.8, 4) is 0 Å². The first kappa shape index (κ1) is 12.8. The summed E-state index contributed by atoms with van der Waals surface area (Å²) in [5.74, 6) is 0.599. The van der Waals surface area contributed by atoms with E-state index >= 15 is 0 Å². The van der Waals surface area contributed by atoms with E-state index in [0.29, 0.717) is 19.0 Å². The minimum Gasteiger partial charge on any atom is -0.320 e. The van der Waals surface area contributed by atoms with Gasteiger partial charge in [0.25, 0.3) is 0 Å². The van der Waals surface area contributed by atoms with E-state index in [9.17, 15) is 13.2 Å². The van der Waals surface area contributed by atoms with Crippen LogP contribution in [-0.2, 0) is 0 Å². The number of nitrogens with zero attached hydrogens (tertiary/aromatic N) is 1. The molecule has 0 aromatic heterocycles. The van der Waals surface area contributed by atoms with Crippen LogP contribution in [0.5, 0.6) is 0 Å². The van der Waals surface area contributed by atoms with Crippen molar-refractivity contribution < 1.29 is 13.2 Å². The minimum absolute atomic E-state index is 0.591. The molecule has 0 bridgehead atoms. The number of halogens is 3. The normalized spacial score (nSPS) is 20.8. The molecule has 1 saturated heterocycles. The summed E-state index contributed by atoms with van der Waals surface area (Å²) in [5, 5.41) is 3.07. The number of nitrogens with one attached hydrogen (secondary N) is 1. The van der Waals surface area contributed by atoms with Crippen LogP contribution in [0.1, 0.15) is 19.3 Å². The lowest BCUT2D eigenvalue weighted by Crippen LogP contribution is -2.40. The molecular formula is C10H19F3N2. The highest BCUT2D eigenvalue weighted by Crippen LogP contribution is 2.23. The van der Waals surface area contributed by atoms with Crippen LogP contribution in [0.2, 0.25) is 0 Å². The molecule has 0 aliphatic carbocycles. The molecule has 0 amide bonds. The first-order valence-corrected chi connectivity index (χ1v) is 5.45. The van der Waals surface area contributed by atoms with Gasteiger partial charge in [-0.25, -0.2) is 0 Å². The Morgan fingerprint density at radius 2 is 1.87 bits per heavy atom. The molecular weight excluding hydrogens is 205 g/mol. The molecule has 1 rings (SSSR count). The van der Waals surface area contributed by atoms with E-state index in [2.05, 4.69) is 5.32 Å². The van der Waals surface area contributed by atoms with Gasteiger partial charge < -0.3 is 5.32 Å². The third-order valence-electron chi connectivity index (χ3n) is 2.91. The molecule has 0 unspecified atom stereocenters. The Labute approximate surface area is 88.8 Å². The maximum atomic E-state index is 12.1. The van der Waals surface area contributed by atoms with Crippen LogP contribution in [0.25, 0.3) is 0 Å². The number of hydrogen-bond donors (Lipinski definition) is 1. The molecule has 1 aliphatic heterocycles. The van der Waals surface area contributed by atoms with Gasteiger partial charge in [-0.15, -0.1) is 0 Å². The molecule has 1 fully saturated rings. The molecule has 5 heteroatoms. The summed E-state index contributed by atoms with van der Waals surface area (Å²) < 4.78 is 36.3. The van der Waals surface area contributed by atoms with Gasteiger partial charge in [-0.2, -0.15) is 13.2 Å². The van der Waals surface area contributed by atoms with Crippen molar-refractivity contribution in [2.45, 2.75) is 25.4 Å². The Morgan fingerprint density at radius 3 is 2.33 bits per heavy atom. The SMILES string of the molecule is CNCCC1CCN(CC(F)(F)F)CC1. The van der Waals surface area contributed by atoms with Crippen molar-refractivity contribution in [1.29, 1.82) is 0 Å². The van der Waals surface area contributed by atoms with Gasteiger partial charge in [0, 0.05) is 0 Å². The lowest BCUT2D eigenvalue weighted by Gasteiger charge is -2.32. The second-order valence-electron chi connectivity index (χ2n) is 4.23. The van der Waals surface area contributed by atoms with Crippen LogP contribution >= 0.6 is 0 Å². The monoisotopic (exact) mass is 224 g/mol. The largest absolute Gasteiger partial charge is 0.401 e. The van der Waals surface area contributed by atoms with E-state index in [4.69, 9.17) is 0 Å². The summed E-state index contributed by atoms with van der Waals surface area (Å²) in [7, 11) is 1.90. The van der Waals surface area contributed by atoms with Gasteiger partial charge in [-0.1, -0.05) is 0 Å². The van der Waals surface area contributed by atoms with Gasteiger partial charge in [-0.3, -0.25) is 4.90 Å². The van der Waals surface area contributed by atoms with E-state index < -0.39 is 12.7 Å². The predicted molar refractivity (Wildman–Crippen MR) is 53.8 cm³/mol. The molecule has 1 aliphatic rings. The molecule has 15 heavy (non-hydrogen) atoms. The van der Waals surface area contributed by atoms with Crippen LogP contribution in [0, 0.1) is 5.92 Å². The standard InChI is InChI=1S/C10H19F3N2/c1-14-5-2-9-3-6-15(7-4-9)8-10(11,12)13/h9,14H,2-8H2,1H3.